The highest BCUT2D eigenvalue weighted by Crippen LogP contribution is 2.21. The van der Waals surface area contributed by atoms with E-state index in [0.717, 1.165) is 22.8 Å². The molecule has 3 rings (SSSR count). The van der Waals surface area contributed by atoms with Crippen molar-refractivity contribution >= 4 is 16.7 Å². The van der Waals surface area contributed by atoms with Crippen LogP contribution in [0.25, 0.3) is 10.8 Å². The third-order valence-corrected chi connectivity index (χ3v) is 3.83. The largest absolute Gasteiger partial charge is 0.381 e. The smallest absolute Gasteiger partial charge is 0.228 e. The normalized spacial score (nSPS) is 18.4. The van der Waals surface area contributed by atoms with Crippen molar-refractivity contribution in [3.05, 3.63) is 42.2 Å². The number of pyridine rings is 1. The van der Waals surface area contributed by atoms with Crippen LogP contribution in [-0.4, -0.2) is 36.1 Å². The molecule has 0 aliphatic carbocycles. The van der Waals surface area contributed by atoms with Crippen molar-refractivity contribution in [3.8, 4) is 0 Å². The van der Waals surface area contributed by atoms with E-state index in [1.54, 1.807) is 11.1 Å². The molecule has 1 aliphatic heterocycles. The number of benzene rings is 1. The number of carbonyl (C=O) groups is 1. The first-order valence-electron chi connectivity index (χ1n) is 6.90. The van der Waals surface area contributed by atoms with E-state index in [2.05, 4.69) is 11.1 Å². The second-order valence-corrected chi connectivity index (χ2v) is 5.27. The minimum atomic E-state index is 0.0247. The van der Waals surface area contributed by atoms with Crippen molar-refractivity contribution in [2.75, 3.05) is 20.3 Å². The summed E-state index contributed by atoms with van der Waals surface area (Å²) in [6, 6.07) is 8.12. The van der Waals surface area contributed by atoms with Crippen molar-refractivity contribution in [2.24, 2.45) is 5.92 Å². The van der Waals surface area contributed by atoms with Gasteiger partial charge in [0.1, 0.15) is 0 Å². The summed E-state index contributed by atoms with van der Waals surface area (Å²) in [5.74, 6) is 0.199. The molecule has 0 unspecified atom stereocenters. The second kappa shape index (κ2) is 5.59. The number of hydrogen-bond acceptors (Lipinski definition) is 3. The number of carbonyl (C=O) groups excluding carboxylic acids is 1. The Morgan fingerprint density at radius 1 is 1.45 bits per heavy atom. The molecule has 1 atom stereocenters. The molecule has 0 saturated carbocycles. The lowest BCUT2D eigenvalue weighted by Crippen LogP contribution is -2.32. The van der Waals surface area contributed by atoms with E-state index in [9.17, 15) is 4.79 Å². The van der Waals surface area contributed by atoms with Crippen LogP contribution in [0.15, 0.2) is 36.7 Å². The summed E-state index contributed by atoms with van der Waals surface area (Å²) < 4.78 is 5.29. The van der Waals surface area contributed by atoms with Crippen molar-refractivity contribution in [1.82, 2.24) is 9.88 Å². The molecule has 104 valence electrons. The Morgan fingerprint density at radius 3 is 3.15 bits per heavy atom. The molecule has 1 fully saturated rings. The van der Waals surface area contributed by atoms with Crippen molar-refractivity contribution < 1.29 is 9.53 Å². The van der Waals surface area contributed by atoms with Gasteiger partial charge in [0, 0.05) is 38.0 Å². The number of nitrogens with zero attached hydrogens (tertiary/aromatic N) is 2. The van der Waals surface area contributed by atoms with Crippen LogP contribution in [0.1, 0.15) is 12.0 Å². The number of hydrogen-bond donors (Lipinski definition) is 0. The van der Waals surface area contributed by atoms with Crippen LogP contribution in [0.2, 0.25) is 0 Å². The molecule has 4 heteroatoms. The third-order valence-electron chi connectivity index (χ3n) is 3.83. The molecule has 2 aromatic rings. The van der Waals surface area contributed by atoms with Gasteiger partial charge in [-0.05, 0) is 23.4 Å². The minimum absolute atomic E-state index is 0.0247. The van der Waals surface area contributed by atoms with Gasteiger partial charge in [-0.15, -0.1) is 0 Å². The lowest BCUT2D eigenvalue weighted by molar-refractivity contribution is -0.134. The maximum Gasteiger partial charge on any atom is 0.228 e. The van der Waals surface area contributed by atoms with Crippen LogP contribution in [0.4, 0.5) is 0 Å². The van der Waals surface area contributed by atoms with Gasteiger partial charge in [-0.1, -0.05) is 18.2 Å². The standard InChI is InChI=1S/C16H18N2O2/c1-18(16(19)14-6-8-20-11-14)10-13-4-2-3-12-9-17-7-5-15(12)13/h2-5,7,9,14H,6,8,10-11H2,1H3/t14-/m0/s1. The molecule has 0 bridgehead atoms. The first-order valence-corrected chi connectivity index (χ1v) is 6.90. The summed E-state index contributed by atoms with van der Waals surface area (Å²) in [7, 11) is 1.86. The Morgan fingerprint density at radius 2 is 2.35 bits per heavy atom. The molecule has 0 spiro atoms. The molecular formula is C16H18N2O2. The third kappa shape index (κ3) is 2.51. The lowest BCUT2D eigenvalue weighted by Gasteiger charge is -2.21. The van der Waals surface area contributed by atoms with Gasteiger partial charge in [-0.3, -0.25) is 9.78 Å². The molecular weight excluding hydrogens is 252 g/mol. The van der Waals surface area contributed by atoms with Gasteiger partial charge < -0.3 is 9.64 Å². The summed E-state index contributed by atoms with van der Waals surface area (Å²) in [4.78, 5) is 18.3. The van der Waals surface area contributed by atoms with E-state index >= 15 is 0 Å². The lowest BCUT2D eigenvalue weighted by atomic mass is 10.0. The highest BCUT2D eigenvalue weighted by Gasteiger charge is 2.26. The van der Waals surface area contributed by atoms with E-state index in [0.29, 0.717) is 19.8 Å². The van der Waals surface area contributed by atoms with Gasteiger partial charge in [0.2, 0.25) is 5.91 Å². The van der Waals surface area contributed by atoms with Gasteiger partial charge in [-0.2, -0.15) is 0 Å². The highest BCUT2D eigenvalue weighted by atomic mass is 16.5. The molecule has 1 saturated heterocycles. The van der Waals surface area contributed by atoms with Crippen molar-refractivity contribution in [3.63, 3.8) is 0 Å². The Hall–Kier alpha value is -1.94. The van der Waals surface area contributed by atoms with Gasteiger partial charge in [0.25, 0.3) is 0 Å². The van der Waals surface area contributed by atoms with Crippen LogP contribution >= 0.6 is 0 Å². The zero-order valence-electron chi connectivity index (χ0n) is 11.6. The van der Waals surface area contributed by atoms with Crippen LogP contribution in [0.3, 0.4) is 0 Å². The maximum atomic E-state index is 12.3. The number of fused-ring (bicyclic) bond motifs is 1. The molecule has 1 amide bonds. The molecule has 0 N–H and O–H groups in total. The van der Waals surface area contributed by atoms with Crippen LogP contribution in [0, 0.1) is 5.92 Å². The summed E-state index contributed by atoms with van der Waals surface area (Å²) >= 11 is 0. The molecule has 4 nitrogen and oxygen atoms in total. The average molecular weight is 270 g/mol. The van der Waals surface area contributed by atoms with E-state index < -0.39 is 0 Å². The quantitative estimate of drug-likeness (QED) is 0.859. The molecule has 2 heterocycles. The summed E-state index contributed by atoms with van der Waals surface area (Å²) in [6.45, 7) is 1.88. The first-order chi connectivity index (χ1) is 9.75. The van der Waals surface area contributed by atoms with Crippen molar-refractivity contribution in [1.29, 1.82) is 0 Å². The second-order valence-electron chi connectivity index (χ2n) is 5.27. The first kappa shape index (κ1) is 13.1. The Bertz CT molecular complexity index is 615. The number of amides is 1. The van der Waals surface area contributed by atoms with Gasteiger partial charge in [0.15, 0.2) is 0 Å². The molecule has 1 aliphatic rings. The number of ether oxygens (including phenoxy) is 1. The van der Waals surface area contributed by atoms with Crippen LogP contribution in [0.5, 0.6) is 0 Å². The van der Waals surface area contributed by atoms with E-state index in [-0.39, 0.29) is 11.8 Å². The minimum Gasteiger partial charge on any atom is -0.381 e. The SMILES string of the molecule is CN(Cc1cccc2cnccc12)C(=O)[C@H]1CCOC1. The number of aromatic nitrogens is 1. The van der Waals surface area contributed by atoms with E-state index in [1.807, 2.05) is 31.4 Å². The fourth-order valence-electron chi connectivity index (χ4n) is 2.70. The average Bonchev–Trinajstić information content (AvgIpc) is 3.01. The highest BCUT2D eigenvalue weighted by molar-refractivity contribution is 5.85. The molecule has 20 heavy (non-hydrogen) atoms. The summed E-state index contributed by atoms with van der Waals surface area (Å²) in [5.41, 5.74) is 1.15. The predicted molar refractivity (Wildman–Crippen MR) is 77.1 cm³/mol. The number of rotatable bonds is 3. The Kier molecular flexibility index (Phi) is 3.65. The van der Waals surface area contributed by atoms with Gasteiger partial charge in [-0.25, -0.2) is 0 Å². The van der Waals surface area contributed by atoms with Crippen LogP contribution < -0.4 is 0 Å². The van der Waals surface area contributed by atoms with Crippen LogP contribution in [-0.2, 0) is 16.1 Å². The van der Waals surface area contributed by atoms with Gasteiger partial charge in [0.05, 0.1) is 12.5 Å². The Balaban J connectivity index is 1.80. The fourth-order valence-corrected chi connectivity index (χ4v) is 2.70. The van der Waals surface area contributed by atoms with Gasteiger partial charge >= 0.3 is 0 Å². The van der Waals surface area contributed by atoms with E-state index in [1.165, 1.54) is 0 Å². The molecule has 1 aromatic heterocycles. The zero-order valence-corrected chi connectivity index (χ0v) is 11.6. The summed E-state index contributed by atoms with van der Waals surface area (Å²) in [5, 5.41) is 2.26. The Labute approximate surface area is 118 Å². The predicted octanol–water partition coefficient (Wildman–Crippen LogP) is 2.23. The zero-order chi connectivity index (χ0) is 13.9. The van der Waals surface area contributed by atoms with E-state index in [4.69, 9.17) is 4.74 Å². The monoisotopic (exact) mass is 270 g/mol. The van der Waals surface area contributed by atoms with Crippen molar-refractivity contribution in [2.45, 2.75) is 13.0 Å². The molecule has 1 aromatic carbocycles. The molecule has 0 radical (unpaired) electrons. The topological polar surface area (TPSA) is 42.4 Å². The summed E-state index contributed by atoms with van der Waals surface area (Å²) in [6.07, 6.45) is 4.48. The maximum absolute atomic E-state index is 12.3. The fraction of sp³-hybridized carbons (Fsp3) is 0.375.